The van der Waals surface area contributed by atoms with Crippen molar-refractivity contribution in [1.82, 2.24) is 4.90 Å². The van der Waals surface area contributed by atoms with Gasteiger partial charge in [-0.2, -0.15) is 0 Å². The molecule has 0 aliphatic carbocycles. The number of furan rings is 1. The summed E-state index contributed by atoms with van der Waals surface area (Å²) in [5.74, 6) is 1.17. The lowest BCUT2D eigenvalue weighted by molar-refractivity contribution is 0.154. The molecule has 0 unspecified atom stereocenters. The van der Waals surface area contributed by atoms with Crippen LogP contribution in [0.4, 0.5) is 4.79 Å². The van der Waals surface area contributed by atoms with Crippen LogP contribution in [0.3, 0.4) is 0 Å². The third-order valence-corrected chi connectivity index (χ3v) is 2.06. The Labute approximate surface area is 80.9 Å². The first-order chi connectivity index (χ1) is 6.79. The van der Waals surface area contributed by atoms with E-state index in [1.165, 1.54) is 0 Å². The third-order valence-electron chi connectivity index (χ3n) is 2.06. The van der Waals surface area contributed by atoms with Gasteiger partial charge in [-0.15, -0.1) is 0 Å². The quantitative estimate of drug-likeness (QED) is 0.775. The summed E-state index contributed by atoms with van der Waals surface area (Å²) in [5, 5.41) is 8.76. The summed E-state index contributed by atoms with van der Waals surface area (Å²) in [7, 11) is 0. The number of hydrogen-bond donors (Lipinski definition) is 1. The smallest absolute Gasteiger partial charge is 0.410 e. The van der Waals surface area contributed by atoms with E-state index in [-0.39, 0.29) is 12.7 Å². The Hall–Kier alpha value is -1.49. The zero-order valence-corrected chi connectivity index (χ0v) is 7.60. The molecule has 1 amide bonds. The normalized spacial score (nSPS) is 16.1. The van der Waals surface area contributed by atoms with E-state index in [0.717, 1.165) is 0 Å². The molecule has 1 N–H and O–H groups in total. The highest BCUT2D eigenvalue weighted by Crippen LogP contribution is 2.13. The van der Waals surface area contributed by atoms with Crippen molar-refractivity contribution in [3.8, 4) is 0 Å². The number of ether oxygens (including phenoxy) is 1. The van der Waals surface area contributed by atoms with Crippen LogP contribution in [0.15, 0.2) is 16.5 Å². The second-order valence-corrected chi connectivity index (χ2v) is 3.06. The standard InChI is InChI=1S/C9H11NO4/c11-6-8-2-1-7(14-8)5-10-3-4-13-9(10)12/h1-2,11H,3-6H2. The van der Waals surface area contributed by atoms with Crippen LogP contribution in [0.1, 0.15) is 11.5 Å². The van der Waals surface area contributed by atoms with Gasteiger partial charge in [-0.3, -0.25) is 4.90 Å². The minimum atomic E-state index is -0.313. The number of rotatable bonds is 3. The summed E-state index contributed by atoms with van der Waals surface area (Å²) < 4.78 is 10.0. The maximum atomic E-state index is 11.1. The van der Waals surface area contributed by atoms with Crippen LogP contribution < -0.4 is 0 Å². The number of nitrogens with zero attached hydrogens (tertiary/aromatic N) is 1. The molecule has 0 spiro atoms. The zero-order chi connectivity index (χ0) is 9.97. The highest BCUT2D eigenvalue weighted by Gasteiger charge is 2.22. The number of aliphatic hydroxyl groups is 1. The van der Waals surface area contributed by atoms with Gasteiger partial charge in [0.2, 0.25) is 0 Å². The van der Waals surface area contributed by atoms with Gasteiger partial charge in [0.1, 0.15) is 24.7 Å². The molecule has 1 aliphatic heterocycles. The van der Waals surface area contributed by atoms with Crippen molar-refractivity contribution in [2.45, 2.75) is 13.2 Å². The summed E-state index contributed by atoms with van der Waals surface area (Å²) in [6.45, 7) is 1.31. The van der Waals surface area contributed by atoms with E-state index in [9.17, 15) is 4.79 Å². The number of carbonyl (C=O) groups excluding carboxylic acids is 1. The third kappa shape index (κ3) is 1.72. The summed E-state index contributed by atoms with van der Waals surface area (Å²) >= 11 is 0. The van der Waals surface area contributed by atoms with Crippen molar-refractivity contribution >= 4 is 6.09 Å². The highest BCUT2D eigenvalue weighted by molar-refractivity contribution is 5.69. The van der Waals surface area contributed by atoms with Gasteiger partial charge in [0.15, 0.2) is 0 Å². The lowest BCUT2D eigenvalue weighted by atomic mass is 10.4. The molecule has 1 aliphatic rings. The molecule has 5 nitrogen and oxygen atoms in total. The molecule has 0 bridgehead atoms. The summed E-state index contributed by atoms with van der Waals surface area (Å²) in [5.41, 5.74) is 0. The van der Waals surface area contributed by atoms with E-state index in [1.54, 1.807) is 17.0 Å². The average molecular weight is 197 g/mol. The molecule has 2 heterocycles. The van der Waals surface area contributed by atoms with Crippen LogP contribution in [0.5, 0.6) is 0 Å². The molecule has 76 valence electrons. The predicted molar refractivity (Wildman–Crippen MR) is 46.4 cm³/mol. The minimum absolute atomic E-state index is 0.121. The number of carbonyl (C=O) groups is 1. The fourth-order valence-electron chi connectivity index (χ4n) is 1.35. The van der Waals surface area contributed by atoms with Crippen LogP contribution in [0, 0.1) is 0 Å². The molecule has 0 saturated carbocycles. The van der Waals surface area contributed by atoms with Crippen LogP contribution in [-0.2, 0) is 17.9 Å². The summed E-state index contributed by atoms with van der Waals surface area (Å²) in [4.78, 5) is 12.6. The molecule has 1 aromatic heterocycles. The predicted octanol–water partition coefficient (Wildman–Crippen LogP) is 0.724. The SMILES string of the molecule is O=C1OCCN1Cc1ccc(CO)o1. The largest absolute Gasteiger partial charge is 0.462 e. The Bertz CT molecular complexity index is 333. The van der Waals surface area contributed by atoms with Crippen LogP contribution in [-0.4, -0.2) is 29.3 Å². The van der Waals surface area contributed by atoms with Crippen LogP contribution in [0.2, 0.25) is 0 Å². The van der Waals surface area contributed by atoms with Crippen molar-refractivity contribution < 1.29 is 19.1 Å². The van der Waals surface area contributed by atoms with Crippen molar-refractivity contribution in [1.29, 1.82) is 0 Å². The molecule has 1 saturated heterocycles. The molecular formula is C9H11NO4. The van der Waals surface area contributed by atoms with E-state index < -0.39 is 0 Å². The lowest BCUT2D eigenvalue weighted by Crippen LogP contribution is -2.23. The Morgan fingerprint density at radius 2 is 2.21 bits per heavy atom. The lowest BCUT2D eigenvalue weighted by Gasteiger charge is -2.09. The summed E-state index contributed by atoms with van der Waals surface area (Å²) in [6.07, 6.45) is -0.313. The van der Waals surface area contributed by atoms with E-state index in [4.69, 9.17) is 14.3 Å². The van der Waals surface area contributed by atoms with Gasteiger partial charge in [0.25, 0.3) is 0 Å². The molecule has 14 heavy (non-hydrogen) atoms. The number of cyclic esters (lactones) is 1. The number of amides is 1. The topological polar surface area (TPSA) is 62.9 Å². The van der Waals surface area contributed by atoms with Crippen LogP contribution >= 0.6 is 0 Å². The first-order valence-electron chi connectivity index (χ1n) is 4.40. The van der Waals surface area contributed by atoms with Gasteiger partial charge in [0.05, 0.1) is 13.1 Å². The second kappa shape index (κ2) is 3.71. The minimum Gasteiger partial charge on any atom is -0.462 e. The first kappa shape index (κ1) is 9.08. The Morgan fingerprint density at radius 1 is 1.43 bits per heavy atom. The molecule has 0 atom stereocenters. The maximum Gasteiger partial charge on any atom is 0.410 e. The van der Waals surface area contributed by atoms with Crippen molar-refractivity contribution in [3.05, 3.63) is 23.7 Å². The summed E-state index contributed by atoms with van der Waals surface area (Å²) in [6, 6.07) is 3.44. The molecule has 0 radical (unpaired) electrons. The van der Waals surface area contributed by atoms with E-state index in [2.05, 4.69) is 0 Å². The van der Waals surface area contributed by atoms with Gasteiger partial charge in [-0.1, -0.05) is 0 Å². The van der Waals surface area contributed by atoms with Gasteiger partial charge in [0, 0.05) is 0 Å². The van der Waals surface area contributed by atoms with Crippen LogP contribution in [0.25, 0.3) is 0 Å². The molecule has 2 rings (SSSR count). The van der Waals surface area contributed by atoms with Gasteiger partial charge >= 0.3 is 6.09 Å². The Kier molecular flexibility index (Phi) is 2.41. The van der Waals surface area contributed by atoms with Gasteiger partial charge in [-0.05, 0) is 12.1 Å². The van der Waals surface area contributed by atoms with Crippen molar-refractivity contribution in [3.63, 3.8) is 0 Å². The molecule has 5 heteroatoms. The molecule has 0 aromatic carbocycles. The van der Waals surface area contributed by atoms with E-state index in [0.29, 0.717) is 31.2 Å². The number of aliphatic hydroxyl groups excluding tert-OH is 1. The molecular weight excluding hydrogens is 186 g/mol. The van der Waals surface area contributed by atoms with E-state index >= 15 is 0 Å². The van der Waals surface area contributed by atoms with Crippen molar-refractivity contribution in [2.75, 3.05) is 13.2 Å². The first-order valence-corrected chi connectivity index (χ1v) is 4.40. The highest BCUT2D eigenvalue weighted by atomic mass is 16.6. The van der Waals surface area contributed by atoms with Crippen molar-refractivity contribution in [2.24, 2.45) is 0 Å². The zero-order valence-electron chi connectivity index (χ0n) is 7.60. The number of hydrogen-bond acceptors (Lipinski definition) is 4. The monoisotopic (exact) mass is 197 g/mol. The Morgan fingerprint density at radius 3 is 2.79 bits per heavy atom. The second-order valence-electron chi connectivity index (χ2n) is 3.06. The van der Waals surface area contributed by atoms with Gasteiger partial charge in [-0.25, -0.2) is 4.79 Å². The maximum absolute atomic E-state index is 11.1. The fraction of sp³-hybridized carbons (Fsp3) is 0.444. The van der Waals surface area contributed by atoms with Gasteiger partial charge < -0.3 is 14.3 Å². The molecule has 1 fully saturated rings. The van der Waals surface area contributed by atoms with E-state index in [1.807, 2.05) is 0 Å². The Balaban J connectivity index is 1.99. The average Bonchev–Trinajstić information content (AvgIpc) is 2.77. The molecule has 1 aromatic rings. The fourth-order valence-corrected chi connectivity index (χ4v) is 1.35.